The molecule has 0 aliphatic carbocycles. The van der Waals surface area contributed by atoms with Crippen LogP contribution >= 0.6 is 47.8 Å². The lowest BCUT2D eigenvalue weighted by atomic mass is 10.0. The van der Waals surface area contributed by atoms with Crippen LogP contribution in [0, 0.1) is 17.0 Å². The summed E-state index contributed by atoms with van der Waals surface area (Å²) in [4.78, 5) is 34.9. The van der Waals surface area contributed by atoms with E-state index in [1.54, 1.807) is 18.2 Å². The molecule has 0 radical (unpaired) electrons. The van der Waals surface area contributed by atoms with Crippen molar-refractivity contribution in [1.82, 2.24) is 5.43 Å². The number of esters is 1. The van der Waals surface area contributed by atoms with Crippen molar-refractivity contribution >= 4 is 71.6 Å². The minimum Gasteiger partial charge on any atom is -0.482 e. The van der Waals surface area contributed by atoms with Crippen molar-refractivity contribution in [3.05, 3.63) is 94.3 Å². The van der Waals surface area contributed by atoms with Gasteiger partial charge in [-0.1, -0.05) is 29.8 Å². The van der Waals surface area contributed by atoms with E-state index in [0.717, 1.165) is 20.1 Å². The van der Waals surface area contributed by atoms with Gasteiger partial charge in [0.15, 0.2) is 6.61 Å². The van der Waals surface area contributed by atoms with Crippen molar-refractivity contribution in [1.29, 1.82) is 0 Å². The van der Waals surface area contributed by atoms with Crippen molar-refractivity contribution in [2.45, 2.75) is 26.7 Å². The number of amides is 1. The minimum absolute atomic E-state index is 0.124. The maximum absolute atomic E-state index is 12.4. The van der Waals surface area contributed by atoms with Gasteiger partial charge in [0.2, 0.25) is 0 Å². The summed E-state index contributed by atoms with van der Waals surface area (Å²) in [6, 6.07) is 11.9. The van der Waals surface area contributed by atoms with E-state index in [-0.39, 0.29) is 29.5 Å². The second-order valence-electron chi connectivity index (χ2n) is 8.34. The maximum Gasteiger partial charge on any atom is 0.343 e. The molecule has 12 heteroatoms. The van der Waals surface area contributed by atoms with E-state index in [1.165, 1.54) is 30.5 Å². The normalized spacial score (nSPS) is 11.0. The molecule has 0 saturated heterocycles. The molecule has 3 aromatic rings. The topological polar surface area (TPSA) is 120 Å². The Morgan fingerprint density at radius 3 is 2.37 bits per heavy atom. The van der Waals surface area contributed by atoms with E-state index in [4.69, 9.17) is 9.47 Å². The Labute approximate surface area is 244 Å². The summed E-state index contributed by atoms with van der Waals surface area (Å²) >= 11 is 10.4. The van der Waals surface area contributed by atoms with Gasteiger partial charge >= 0.3 is 5.97 Å². The van der Waals surface area contributed by atoms with Gasteiger partial charge in [0.05, 0.1) is 25.6 Å². The van der Waals surface area contributed by atoms with Crippen molar-refractivity contribution in [3.63, 3.8) is 0 Å². The van der Waals surface area contributed by atoms with Gasteiger partial charge in [-0.05, 0) is 97.8 Å². The number of hydrazone groups is 1. The number of rotatable bonds is 9. The third kappa shape index (κ3) is 7.49. The SMILES string of the molecule is Cc1c(Br)cc(C(C)C)c(OCC(=O)N/N=C/c2ccc(OC(=O)c3ccc([N+](=O)[O-])cc3)c(Br)c2)c1Br. The van der Waals surface area contributed by atoms with Crippen LogP contribution in [0.2, 0.25) is 0 Å². The second-order valence-corrected chi connectivity index (χ2v) is 10.8. The molecular weight excluding hydrogens is 690 g/mol. The van der Waals surface area contributed by atoms with Crippen LogP contribution in [-0.2, 0) is 4.79 Å². The summed E-state index contributed by atoms with van der Waals surface area (Å²) in [6.45, 7) is 5.80. The molecule has 0 atom stereocenters. The molecule has 0 bridgehead atoms. The third-order valence-electron chi connectivity index (χ3n) is 5.28. The molecule has 198 valence electrons. The number of ether oxygens (including phenoxy) is 2. The van der Waals surface area contributed by atoms with Gasteiger partial charge in [0.25, 0.3) is 11.6 Å². The molecule has 0 heterocycles. The first-order valence-electron chi connectivity index (χ1n) is 11.2. The van der Waals surface area contributed by atoms with Crippen LogP contribution in [0.15, 0.2) is 67.1 Å². The number of hydrogen-bond acceptors (Lipinski definition) is 7. The zero-order valence-corrected chi connectivity index (χ0v) is 25.2. The van der Waals surface area contributed by atoms with Gasteiger partial charge < -0.3 is 9.47 Å². The number of nitrogens with one attached hydrogen (secondary N) is 1. The first-order valence-corrected chi connectivity index (χ1v) is 13.5. The second kappa shape index (κ2) is 13.1. The number of halogens is 3. The van der Waals surface area contributed by atoms with Crippen LogP contribution in [0.1, 0.15) is 46.8 Å². The van der Waals surface area contributed by atoms with Crippen LogP contribution in [0.3, 0.4) is 0 Å². The predicted octanol–water partition coefficient (Wildman–Crippen LogP) is 7.06. The molecule has 38 heavy (non-hydrogen) atoms. The van der Waals surface area contributed by atoms with Gasteiger partial charge in [-0.2, -0.15) is 5.10 Å². The Balaban J connectivity index is 1.58. The Hall–Kier alpha value is -3.09. The molecule has 0 unspecified atom stereocenters. The van der Waals surface area contributed by atoms with E-state index in [1.807, 2.05) is 26.8 Å². The largest absolute Gasteiger partial charge is 0.482 e. The van der Waals surface area contributed by atoms with Gasteiger partial charge in [-0.15, -0.1) is 0 Å². The lowest BCUT2D eigenvalue weighted by molar-refractivity contribution is -0.384. The number of nitro groups is 1. The molecule has 9 nitrogen and oxygen atoms in total. The number of carbonyl (C=O) groups is 2. The van der Waals surface area contributed by atoms with Crippen molar-refractivity contribution in [2.75, 3.05) is 6.61 Å². The Morgan fingerprint density at radius 1 is 1.08 bits per heavy atom. The highest BCUT2D eigenvalue weighted by molar-refractivity contribution is 9.11. The van der Waals surface area contributed by atoms with E-state index < -0.39 is 16.8 Å². The fourth-order valence-corrected chi connectivity index (χ4v) is 4.94. The van der Waals surface area contributed by atoms with Crippen LogP contribution in [-0.4, -0.2) is 29.6 Å². The van der Waals surface area contributed by atoms with Gasteiger partial charge in [0, 0.05) is 16.6 Å². The average Bonchev–Trinajstić information content (AvgIpc) is 2.88. The number of hydrogen-bond donors (Lipinski definition) is 1. The molecule has 0 saturated carbocycles. The highest BCUT2D eigenvalue weighted by atomic mass is 79.9. The number of nitrogens with zero attached hydrogens (tertiary/aromatic N) is 2. The number of carbonyl (C=O) groups excluding carboxylic acids is 2. The van der Waals surface area contributed by atoms with E-state index in [9.17, 15) is 19.7 Å². The summed E-state index contributed by atoms with van der Waals surface area (Å²) in [5.74, 6) is -0.0466. The molecule has 0 spiro atoms. The lowest BCUT2D eigenvalue weighted by Gasteiger charge is -2.18. The van der Waals surface area contributed by atoms with Crippen LogP contribution < -0.4 is 14.9 Å². The number of nitro benzene ring substituents is 1. The van der Waals surface area contributed by atoms with Crippen molar-refractivity contribution in [2.24, 2.45) is 5.10 Å². The molecule has 1 amide bonds. The van der Waals surface area contributed by atoms with Crippen LogP contribution in [0.4, 0.5) is 5.69 Å². The fraction of sp³-hybridized carbons (Fsp3) is 0.192. The summed E-state index contributed by atoms with van der Waals surface area (Å²) in [5.41, 5.74) is 5.03. The van der Waals surface area contributed by atoms with Crippen molar-refractivity contribution in [3.8, 4) is 11.5 Å². The molecular formula is C26H22Br3N3O6. The highest BCUT2D eigenvalue weighted by Gasteiger charge is 2.18. The molecule has 1 N–H and O–H groups in total. The quantitative estimate of drug-likeness (QED) is 0.0835. The number of benzene rings is 3. The van der Waals surface area contributed by atoms with Crippen molar-refractivity contribution < 1.29 is 24.0 Å². The zero-order valence-electron chi connectivity index (χ0n) is 20.5. The van der Waals surface area contributed by atoms with E-state index in [2.05, 4.69) is 58.3 Å². The van der Waals surface area contributed by atoms with E-state index in [0.29, 0.717) is 15.8 Å². The zero-order chi connectivity index (χ0) is 28.0. The first kappa shape index (κ1) is 29.5. The highest BCUT2D eigenvalue weighted by Crippen LogP contribution is 2.40. The minimum atomic E-state index is -0.664. The van der Waals surface area contributed by atoms with Gasteiger partial charge in [0.1, 0.15) is 11.5 Å². The third-order valence-corrected chi connectivity index (χ3v) is 7.67. The summed E-state index contributed by atoms with van der Waals surface area (Å²) in [5, 5.41) is 14.7. The molecule has 3 aromatic carbocycles. The Bertz CT molecular complexity index is 1410. The molecule has 3 rings (SSSR count). The standard InChI is InChI=1S/C26H22Br3N3O6/c1-14(2)19-11-20(27)15(3)24(29)25(19)37-13-23(33)31-30-12-16-4-9-22(21(28)10-16)38-26(34)17-5-7-18(8-6-17)32(35)36/h4-12,14H,13H2,1-3H3,(H,31,33)/b30-12+. The fourth-order valence-electron chi connectivity index (χ4n) is 3.19. The Morgan fingerprint density at radius 2 is 1.76 bits per heavy atom. The molecule has 0 fully saturated rings. The van der Waals surface area contributed by atoms with E-state index >= 15 is 0 Å². The first-order chi connectivity index (χ1) is 18.0. The van der Waals surface area contributed by atoms with Gasteiger partial charge in [-0.25, -0.2) is 10.2 Å². The molecule has 0 aliphatic heterocycles. The Kier molecular flexibility index (Phi) is 10.2. The monoisotopic (exact) mass is 709 g/mol. The maximum atomic E-state index is 12.4. The lowest BCUT2D eigenvalue weighted by Crippen LogP contribution is -2.25. The summed E-state index contributed by atoms with van der Waals surface area (Å²) in [7, 11) is 0. The van der Waals surface area contributed by atoms with Crippen LogP contribution in [0.25, 0.3) is 0 Å². The smallest absolute Gasteiger partial charge is 0.343 e. The van der Waals surface area contributed by atoms with Gasteiger partial charge in [-0.3, -0.25) is 14.9 Å². The van der Waals surface area contributed by atoms with Crippen LogP contribution in [0.5, 0.6) is 11.5 Å². The number of non-ortho nitro benzene ring substituents is 1. The summed E-state index contributed by atoms with van der Waals surface area (Å²) < 4.78 is 13.4. The average molecular weight is 712 g/mol. The predicted molar refractivity (Wildman–Crippen MR) is 154 cm³/mol. The summed E-state index contributed by atoms with van der Waals surface area (Å²) in [6.07, 6.45) is 1.43. The molecule has 0 aromatic heterocycles. The molecule has 0 aliphatic rings.